The fourth-order valence-electron chi connectivity index (χ4n) is 4.01. The number of likely N-dealkylation sites (tertiary alicyclic amines) is 1. The molecule has 3 aromatic rings. The van der Waals surface area contributed by atoms with Gasteiger partial charge in [-0.3, -0.25) is 19.0 Å². The van der Waals surface area contributed by atoms with Crippen LogP contribution in [0.4, 0.5) is 0 Å². The van der Waals surface area contributed by atoms with Crippen LogP contribution in [0.15, 0.2) is 41.5 Å². The normalized spacial score (nSPS) is 16.5. The quantitative estimate of drug-likeness (QED) is 0.570. The van der Waals surface area contributed by atoms with Gasteiger partial charge in [0.2, 0.25) is 0 Å². The smallest absolute Gasteiger partial charge is 0.310 e. The third-order valence-electron chi connectivity index (χ3n) is 5.64. The Bertz CT molecular complexity index is 1170. The summed E-state index contributed by atoms with van der Waals surface area (Å²) in [5.74, 6) is -0.699. The van der Waals surface area contributed by atoms with Crippen LogP contribution < -0.4 is 5.56 Å². The van der Waals surface area contributed by atoms with Crippen molar-refractivity contribution in [1.29, 1.82) is 0 Å². The molecule has 1 aromatic carbocycles. The van der Waals surface area contributed by atoms with Gasteiger partial charge in [0.15, 0.2) is 0 Å². The summed E-state index contributed by atoms with van der Waals surface area (Å²) in [6.45, 7) is 5.27. The molecule has 1 saturated heterocycles. The zero-order valence-electron chi connectivity index (χ0n) is 17.7. The zero-order chi connectivity index (χ0) is 22.0. The van der Waals surface area contributed by atoms with Crippen molar-refractivity contribution < 1.29 is 14.3 Å². The van der Waals surface area contributed by atoms with Crippen LogP contribution in [0.5, 0.6) is 0 Å². The molecule has 1 aliphatic rings. The molecule has 31 heavy (non-hydrogen) atoms. The lowest BCUT2D eigenvalue weighted by Crippen LogP contribution is -2.42. The number of ether oxygens (including phenoxy) is 1. The van der Waals surface area contributed by atoms with E-state index in [1.807, 2.05) is 30.3 Å². The molecule has 1 unspecified atom stereocenters. The van der Waals surface area contributed by atoms with Crippen molar-refractivity contribution in [2.75, 3.05) is 19.7 Å². The van der Waals surface area contributed by atoms with Crippen LogP contribution in [0, 0.1) is 12.8 Å². The minimum Gasteiger partial charge on any atom is -0.466 e. The number of aromatic nitrogens is 2. The second-order valence-electron chi connectivity index (χ2n) is 7.74. The molecule has 1 aliphatic heterocycles. The molecule has 1 atom stereocenters. The van der Waals surface area contributed by atoms with E-state index in [-0.39, 0.29) is 23.4 Å². The molecule has 8 heteroatoms. The number of aryl methyl sites for hydroxylation is 1. The van der Waals surface area contributed by atoms with Gasteiger partial charge in [-0.25, -0.2) is 4.98 Å². The van der Waals surface area contributed by atoms with Gasteiger partial charge in [0.25, 0.3) is 11.5 Å². The predicted molar refractivity (Wildman–Crippen MR) is 119 cm³/mol. The number of hydrogen-bond acceptors (Lipinski definition) is 6. The summed E-state index contributed by atoms with van der Waals surface area (Å²) < 4.78 is 6.71. The summed E-state index contributed by atoms with van der Waals surface area (Å²) in [7, 11) is 0. The van der Waals surface area contributed by atoms with E-state index in [4.69, 9.17) is 4.74 Å². The van der Waals surface area contributed by atoms with E-state index < -0.39 is 0 Å². The second-order valence-corrected chi connectivity index (χ2v) is 8.74. The maximum Gasteiger partial charge on any atom is 0.310 e. The molecule has 0 saturated carbocycles. The molecule has 1 amide bonds. The highest BCUT2D eigenvalue weighted by molar-refractivity contribution is 7.20. The first-order valence-corrected chi connectivity index (χ1v) is 11.3. The lowest BCUT2D eigenvalue weighted by molar-refractivity contribution is -0.149. The molecule has 4 rings (SSSR count). The third kappa shape index (κ3) is 4.25. The summed E-state index contributed by atoms with van der Waals surface area (Å²) in [5, 5.41) is 0.491. The van der Waals surface area contributed by atoms with Gasteiger partial charge in [0, 0.05) is 13.1 Å². The molecule has 0 N–H and O–H groups in total. The lowest BCUT2D eigenvalue weighted by Gasteiger charge is -2.31. The fourth-order valence-corrected chi connectivity index (χ4v) is 5.12. The third-order valence-corrected chi connectivity index (χ3v) is 6.82. The number of amides is 1. The Labute approximate surface area is 184 Å². The van der Waals surface area contributed by atoms with Crippen LogP contribution in [0.3, 0.4) is 0 Å². The molecule has 3 heterocycles. The Kier molecular flexibility index (Phi) is 6.18. The summed E-state index contributed by atoms with van der Waals surface area (Å²) in [6, 6.07) is 9.72. The SMILES string of the molecule is CCOC(=O)C1CCCN(C(=O)c2sc3ncn(Cc4ccccc4)c(=O)c3c2C)C1. The van der Waals surface area contributed by atoms with Crippen LogP contribution in [-0.2, 0) is 16.1 Å². The first-order chi connectivity index (χ1) is 15.0. The maximum absolute atomic E-state index is 13.3. The molecule has 0 aliphatic carbocycles. The minimum absolute atomic E-state index is 0.148. The van der Waals surface area contributed by atoms with Crippen molar-refractivity contribution in [2.45, 2.75) is 33.2 Å². The van der Waals surface area contributed by atoms with E-state index in [0.717, 1.165) is 18.4 Å². The Morgan fingerprint density at radius 2 is 2.03 bits per heavy atom. The highest BCUT2D eigenvalue weighted by Gasteiger charge is 2.31. The van der Waals surface area contributed by atoms with Crippen LogP contribution in [0.25, 0.3) is 10.2 Å². The number of hydrogen-bond donors (Lipinski definition) is 0. The van der Waals surface area contributed by atoms with Crippen LogP contribution >= 0.6 is 11.3 Å². The number of rotatable bonds is 5. The van der Waals surface area contributed by atoms with Gasteiger partial charge < -0.3 is 9.64 Å². The van der Waals surface area contributed by atoms with Gasteiger partial charge in [0.05, 0.1) is 35.7 Å². The monoisotopic (exact) mass is 439 g/mol. The number of thiophene rings is 1. The van der Waals surface area contributed by atoms with Gasteiger partial charge >= 0.3 is 5.97 Å². The highest BCUT2D eigenvalue weighted by atomic mass is 32.1. The van der Waals surface area contributed by atoms with Gasteiger partial charge in [0.1, 0.15) is 4.83 Å². The first kappa shape index (κ1) is 21.2. The Morgan fingerprint density at radius 1 is 1.26 bits per heavy atom. The first-order valence-electron chi connectivity index (χ1n) is 10.5. The molecule has 0 spiro atoms. The van der Waals surface area contributed by atoms with Gasteiger partial charge in [-0.15, -0.1) is 11.3 Å². The minimum atomic E-state index is -0.298. The van der Waals surface area contributed by atoms with Crippen LogP contribution in [-0.4, -0.2) is 46.0 Å². The lowest BCUT2D eigenvalue weighted by atomic mass is 9.98. The van der Waals surface area contributed by atoms with E-state index in [1.54, 1.807) is 29.6 Å². The maximum atomic E-state index is 13.3. The van der Waals surface area contributed by atoms with E-state index >= 15 is 0 Å². The molecular weight excluding hydrogens is 414 g/mol. The number of nitrogens with zero attached hydrogens (tertiary/aromatic N) is 3. The van der Waals surface area contributed by atoms with Crippen molar-refractivity contribution in [3.63, 3.8) is 0 Å². The zero-order valence-corrected chi connectivity index (χ0v) is 18.5. The van der Waals surface area contributed by atoms with E-state index in [0.29, 0.717) is 46.9 Å². The number of esters is 1. The number of fused-ring (bicyclic) bond motifs is 1. The number of carbonyl (C=O) groups excluding carboxylic acids is 2. The predicted octanol–water partition coefficient (Wildman–Crippen LogP) is 3.23. The van der Waals surface area contributed by atoms with Crippen molar-refractivity contribution in [3.05, 3.63) is 63.0 Å². The summed E-state index contributed by atoms with van der Waals surface area (Å²) in [6.07, 6.45) is 3.01. The average molecular weight is 440 g/mol. The standard InChI is InChI=1S/C23H25N3O4S/c1-3-30-23(29)17-10-7-11-25(13-17)22(28)19-15(2)18-20(31-19)24-14-26(21(18)27)12-16-8-5-4-6-9-16/h4-6,8-9,14,17H,3,7,10-13H2,1-2H3. The molecule has 7 nitrogen and oxygen atoms in total. The molecule has 2 aromatic heterocycles. The van der Waals surface area contributed by atoms with Crippen molar-refractivity contribution >= 4 is 33.4 Å². The second kappa shape index (κ2) is 9.01. The van der Waals surface area contributed by atoms with Crippen LogP contribution in [0.2, 0.25) is 0 Å². The molecule has 0 bridgehead atoms. The van der Waals surface area contributed by atoms with Gasteiger partial charge in [-0.1, -0.05) is 30.3 Å². The Hall–Kier alpha value is -3.00. The number of carbonyl (C=O) groups is 2. The van der Waals surface area contributed by atoms with E-state index in [2.05, 4.69) is 4.98 Å². The Morgan fingerprint density at radius 3 is 2.77 bits per heavy atom. The molecule has 162 valence electrons. The summed E-state index contributed by atoms with van der Waals surface area (Å²) in [4.78, 5) is 45.7. The number of benzene rings is 1. The highest BCUT2D eigenvalue weighted by Crippen LogP contribution is 2.29. The topological polar surface area (TPSA) is 81.5 Å². The van der Waals surface area contributed by atoms with E-state index in [1.165, 1.54) is 11.3 Å². The largest absolute Gasteiger partial charge is 0.466 e. The van der Waals surface area contributed by atoms with Crippen molar-refractivity contribution in [3.8, 4) is 0 Å². The summed E-state index contributed by atoms with van der Waals surface area (Å²) in [5.41, 5.74) is 1.51. The fraction of sp³-hybridized carbons (Fsp3) is 0.391. The van der Waals surface area contributed by atoms with Gasteiger partial charge in [-0.2, -0.15) is 0 Å². The van der Waals surface area contributed by atoms with Crippen molar-refractivity contribution in [1.82, 2.24) is 14.5 Å². The summed E-state index contributed by atoms with van der Waals surface area (Å²) >= 11 is 1.24. The number of piperidine rings is 1. The Balaban J connectivity index is 1.62. The molecule has 0 radical (unpaired) electrons. The van der Waals surface area contributed by atoms with Crippen LogP contribution in [0.1, 0.15) is 40.6 Å². The van der Waals surface area contributed by atoms with Gasteiger partial charge in [-0.05, 0) is 37.8 Å². The molecule has 1 fully saturated rings. The molecular formula is C23H25N3O4S. The van der Waals surface area contributed by atoms with Crippen molar-refractivity contribution in [2.24, 2.45) is 5.92 Å². The average Bonchev–Trinajstić information content (AvgIpc) is 3.13. The van der Waals surface area contributed by atoms with E-state index in [9.17, 15) is 14.4 Å².